The zero-order valence-electron chi connectivity index (χ0n) is 18.9. The van der Waals surface area contributed by atoms with Gasteiger partial charge in [-0.1, -0.05) is 54.2 Å². The van der Waals surface area contributed by atoms with Crippen LogP contribution in [0.25, 0.3) is 11.6 Å². The minimum Gasteiger partial charge on any atom is -0.461 e. The fraction of sp³-hybridized carbons (Fsp3) is 0.240. The molecule has 0 fully saturated rings. The van der Waals surface area contributed by atoms with E-state index in [-0.39, 0.29) is 17.5 Å². The molecule has 0 bridgehead atoms. The molecular weight excluding hydrogens is 453 g/mol. The summed E-state index contributed by atoms with van der Waals surface area (Å²) in [6.45, 7) is 1.70. The lowest BCUT2D eigenvalue weighted by Crippen LogP contribution is -2.29. The van der Waals surface area contributed by atoms with Gasteiger partial charge in [-0.3, -0.25) is 9.36 Å². The molecule has 0 aliphatic heterocycles. The molecule has 2 aromatic carbocycles. The molecule has 4 aromatic rings. The lowest BCUT2D eigenvalue weighted by Gasteiger charge is -2.19. The summed E-state index contributed by atoms with van der Waals surface area (Å²) in [6.07, 6.45) is 2.30. The number of benzene rings is 2. The number of anilines is 1. The molecule has 1 N–H and O–H groups in total. The Bertz CT molecular complexity index is 1200. The number of nitrogens with one attached hydrogen (secondary N) is 1. The summed E-state index contributed by atoms with van der Waals surface area (Å²) in [5.41, 5.74) is 1.65. The smallest absolute Gasteiger partial charge is 0.230 e. The maximum Gasteiger partial charge on any atom is 0.230 e. The van der Waals surface area contributed by atoms with E-state index in [4.69, 9.17) is 4.42 Å². The van der Waals surface area contributed by atoms with E-state index in [2.05, 4.69) is 15.5 Å². The molecule has 176 valence electrons. The molecule has 0 aliphatic carbocycles. The molecule has 0 aliphatic rings. The highest BCUT2D eigenvalue weighted by atomic mass is 32.2. The SMILES string of the molecule is CN(CCCNC(=O)CSc1nnc(-c2ccco2)n1Cc1ccccc1)c1ccccc1F. The fourth-order valence-electron chi connectivity index (χ4n) is 3.50. The van der Waals surface area contributed by atoms with Gasteiger partial charge in [0.2, 0.25) is 11.7 Å². The average Bonchev–Trinajstić information content (AvgIpc) is 3.51. The van der Waals surface area contributed by atoms with Crippen molar-refractivity contribution in [2.24, 2.45) is 0 Å². The van der Waals surface area contributed by atoms with Crippen LogP contribution in [-0.4, -0.2) is 46.6 Å². The van der Waals surface area contributed by atoms with Crippen molar-refractivity contribution in [2.45, 2.75) is 18.1 Å². The predicted molar refractivity (Wildman–Crippen MR) is 131 cm³/mol. The largest absolute Gasteiger partial charge is 0.461 e. The Labute approximate surface area is 202 Å². The molecule has 34 heavy (non-hydrogen) atoms. The molecule has 2 aromatic heterocycles. The molecule has 1 amide bonds. The lowest BCUT2D eigenvalue weighted by molar-refractivity contribution is -0.118. The number of para-hydroxylation sites is 1. The van der Waals surface area contributed by atoms with Gasteiger partial charge < -0.3 is 14.6 Å². The molecule has 0 spiro atoms. The van der Waals surface area contributed by atoms with Gasteiger partial charge >= 0.3 is 0 Å². The molecule has 0 atom stereocenters. The summed E-state index contributed by atoms with van der Waals surface area (Å²) in [4.78, 5) is 14.3. The minimum atomic E-state index is -0.251. The third-order valence-electron chi connectivity index (χ3n) is 5.23. The molecule has 7 nitrogen and oxygen atoms in total. The first-order valence-corrected chi connectivity index (χ1v) is 12.0. The number of furan rings is 1. The number of aromatic nitrogens is 3. The topological polar surface area (TPSA) is 76.2 Å². The van der Waals surface area contributed by atoms with Crippen molar-refractivity contribution in [3.63, 3.8) is 0 Å². The van der Waals surface area contributed by atoms with E-state index in [0.29, 0.717) is 48.5 Å². The summed E-state index contributed by atoms with van der Waals surface area (Å²) >= 11 is 1.33. The van der Waals surface area contributed by atoms with Crippen LogP contribution in [0.3, 0.4) is 0 Å². The van der Waals surface area contributed by atoms with Gasteiger partial charge in [-0.2, -0.15) is 0 Å². The van der Waals surface area contributed by atoms with Gasteiger partial charge in [0, 0.05) is 20.1 Å². The normalized spacial score (nSPS) is 10.9. The van der Waals surface area contributed by atoms with Gasteiger partial charge in [0.25, 0.3) is 0 Å². The first kappa shape index (κ1) is 23.6. The van der Waals surface area contributed by atoms with Gasteiger partial charge in [0.15, 0.2) is 10.9 Å². The van der Waals surface area contributed by atoms with Crippen LogP contribution in [0.5, 0.6) is 0 Å². The number of amides is 1. The number of carbonyl (C=O) groups excluding carboxylic acids is 1. The number of halogens is 1. The predicted octanol–water partition coefficient (Wildman–Crippen LogP) is 4.46. The summed E-state index contributed by atoms with van der Waals surface area (Å²) < 4.78 is 21.3. The zero-order chi connectivity index (χ0) is 23.8. The van der Waals surface area contributed by atoms with Crippen molar-refractivity contribution >= 4 is 23.4 Å². The molecule has 9 heteroatoms. The van der Waals surface area contributed by atoms with Crippen molar-refractivity contribution in [1.29, 1.82) is 0 Å². The Morgan fingerprint density at radius 1 is 1.09 bits per heavy atom. The standard InChI is InChI=1S/C25H26FN5O2S/c1-30(21-12-6-5-11-20(21)26)15-8-14-27-23(32)18-34-25-29-28-24(22-13-7-16-33-22)31(25)17-19-9-3-2-4-10-19/h2-7,9-13,16H,8,14-15,17-18H2,1H3,(H,27,32). The van der Waals surface area contributed by atoms with E-state index in [1.165, 1.54) is 17.8 Å². The highest BCUT2D eigenvalue weighted by Gasteiger charge is 2.18. The fourth-order valence-corrected chi connectivity index (χ4v) is 4.27. The van der Waals surface area contributed by atoms with Crippen molar-refractivity contribution in [3.8, 4) is 11.6 Å². The van der Waals surface area contributed by atoms with Gasteiger partial charge in [0.05, 0.1) is 24.2 Å². The van der Waals surface area contributed by atoms with E-state index in [0.717, 1.165) is 5.56 Å². The first-order valence-electron chi connectivity index (χ1n) is 11.0. The Morgan fingerprint density at radius 2 is 1.88 bits per heavy atom. The van der Waals surface area contributed by atoms with Gasteiger partial charge in [-0.05, 0) is 36.2 Å². The van der Waals surface area contributed by atoms with Crippen molar-refractivity contribution in [3.05, 3.63) is 84.4 Å². The molecule has 0 radical (unpaired) electrons. The number of hydrogen-bond donors (Lipinski definition) is 1. The molecular formula is C25H26FN5O2S. The van der Waals surface area contributed by atoms with E-state index < -0.39 is 0 Å². The zero-order valence-corrected chi connectivity index (χ0v) is 19.7. The van der Waals surface area contributed by atoms with Crippen LogP contribution >= 0.6 is 11.8 Å². The second kappa shape index (κ2) is 11.5. The first-order chi connectivity index (χ1) is 16.6. The maximum atomic E-state index is 13.9. The Kier molecular flexibility index (Phi) is 7.98. The van der Waals surface area contributed by atoms with Crippen LogP contribution in [0.1, 0.15) is 12.0 Å². The van der Waals surface area contributed by atoms with E-state index in [1.54, 1.807) is 24.5 Å². The highest BCUT2D eigenvalue weighted by Crippen LogP contribution is 2.25. The number of thioether (sulfide) groups is 1. The second-order valence-corrected chi connectivity index (χ2v) is 8.66. The van der Waals surface area contributed by atoms with E-state index in [1.807, 2.05) is 59.0 Å². The molecule has 0 saturated heterocycles. The third-order valence-corrected chi connectivity index (χ3v) is 6.20. The monoisotopic (exact) mass is 479 g/mol. The summed E-state index contributed by atoms with van der Waals surface area (Å²) in [6, 6.07) is 20.3. The number of nitrogens with zero attached hydrogens (tertiary/aromatic N) is 4. The van der Waals surface area contributed by atoms with E-state index in [9.17, 15) is 9.18 Å². The van der Waals surface area contributed by atoms with Crippen LogP contribution in [0.2, 0.25) is 0 Å². The van der Waals surface area contributed by atoms with Crippen LogP contribution in [-0.2, 0) is 11.3 Å². The van der Waals surface area contributed by atoms with Crippen LogP contribution < -0.4 is 10.2 Å². The van der Waals surface area contributed by atoms with Gasteiger partial charge in [0.1, 0.15) is 5.82 Å². The Balaban J connectivity index is 1.30. The summed E-state index contributed by atoms with van der Waals surface area (Å²) in [7, 11) is 1.84. The quantitative estimate of drug-likeness (QED) is 0.253. The Morgan fingerprint density at radius 3 is 2.65 bits per heavy atom. The summed E-state index contributed by atoms with van der Waals surface area (Å²) in [5.74, 6) is 1.12. The Hall–Kier alpha value is -3.59. The molecule has 4 rings (SSSR count). The number of hydrogen-bond acceptors (Lipinski definition) is 6. The highest BCUT2D eigenvalue weighted by molar-refractivity contribution is 7.99. The lowest BCUT2D eigenvalue weighted by atomic mass is 10.2. The number of carbonyl (C=O) groups is 1. The number of rotatable bonds is 11. The average molecular weight is 480 g/mol. The van der Waals surface area contributed by atoms with Gasteiger partial charge in [-0.15, -0.1) is 10.2 Å². The van der Waals surface area contributed by atoms with E-state index >= 15 is 0 Å². The third kappa shape index (κ3) is 6.05. The molecule has 0 unspecified atom stereocenters. The van der Waals surface area contributed by atoms with Crippen molar-refractivity contribution < 1.29 is 13.6 Å². The van der Waals surface area contributed by atoms with Crippen LogP contribution in [0.4, 0.5) is 10.1 Å². The van der Waals surface area contributed by atoms with Crippen LogP contribution in [0.15, 0.2) is 82.6 Å². The second-order valence-electron chi connectivity index (χ2n) is 7.72. The van der Waals surface area contributed by atoms with Crippen LogP contribution in [0, 0.1) is 5.82 Å². The molecule has 0 saturated carbocycles. The summed E-state index contributed by atoms with van der Waals surface area (Å²) in [5, 5.41) is 12.2. The minimum absolute atomic E-state index is 0.0904. The van der Waals surface area contributed by atoms with Crippen molar-refractivity contribution in [1.82, 2.24) is 20.1 Å². The van der Waals surface area contributed by atoms with Crippen molar-refractivity contribution in [2.75, 3.05) is 30.8 Å². The maximum absolute atomic E-state index is 13.9. The molecule has 2 heterocycles. The van der Waals surface area contributed by atoms with Gasteiger partial charge in [-0.25, -0.2) is 4.39 Å².